The molecule has 0 aliphatic heterocycles. The number of methoxy groups -OCH3 is 1. The Morgan fingerprint density at radius 3 is 2.91 bits per heavy atom. The maximum absolute atomic E-state index is 10.6. The molecule has 0 aliphatic rings. The van der Waals surface area contributed by atoms with Gasteiger partial charge < -0.3 is 10.5 Å². The molecule has 0 aromatic carbocycles. The number of hydroxylamine groups is 1. The van der Waals surface area contributed by atoms with Gasteiger partial charge in [0.05, 0.1) is 6.04 Å². The van der Waals surface area contributed by atoms with E-state index in [9.17, 15) is 4.79 Å². The smallest absolute Gasteiger partial charge is 0.260 e. The average molecular weight is 162 g/mol. The first kappa shape index (κ1) is 10.3. The van der Waals surface area contributed by atoms with E-state index in [0.29, 0.717) is 19.4 Å². The second-order valence-corrected chi connectivity index (χ2v) is 2.22. The summed E-state index contributed by atoms with van der Waals surface area (Å²) in [6.45, 7) is 0.576. The standard InChI is InChI=1S/C6H14N2O3/c1-11-4-2-3-5(7)6(9)8-10/h5,10H,2-4,7H2,1H3,(H,8,9). The van der Waals surface area contributed by atoms with Crippen LogP contribution < -0.4 is 11.2 Å². The fourth-order valence-corrected chi connectivity index (χ4v) is 0.662. The van der Waals surface area contributed by atoms with E-state index in [-0.39, 0.29) is 0 Å². The van der Waals surface area contributed by atoms with Crippen molar-refractivity contribution in [2.45, 2.75) is 18.9 Å². The molecule has 0 spiro atoms. The molecule has 0 rings (SSSR count). The van der Waals surface area contributed by atoms with E-state index < -0.39 is 11.9 Å². The van der Waals surface area contributed by atoms with Gasteiger partial charge >= 0.3 is 0 Å². The maximum atomic E-state index is 10.6. The lowest BCUT2D eigenvalue weighted by Crippen LogP contribution is -2.39. The Morgan fingerprint density at radius 2 is 2.45 bits per heavy atom. The van der Waals surface area contributed by atoms with Crippen LogP contribution in [0.1, 0.15) is 12.8 Å². The van der Waals surface area contributed by atoms with Crippen LogP contribution in [0.3, 0.4) is 0 Å². The highest BCUT2D eigenvalue weighted by molar-refractivity contribution is 5.80. The monoisotopic (exact) mass is 162 g/mol. The summed E-state index contributed by atoms with van der Waals surface area (Å²) in [6.07, 6.45) is 1.23. The third-order valence-electron chi connectivity index (χ3n) is 1.31. The van der Waals surface area contributed by atoms with Gasteiger partial charge in [-0.25, -0.2) is 5.48 Å². The van der Waals surface area contributed by atoms with Crippen LogP contribution in [0.2, 0.25) is 0 Å². The van der Waals surface area contributed by atoms with Crippen molar-refractivity contribution in [2.24, 2.45) is 5.73 Å². The molecule has 11 heavy (non-hydrogen) atoms. The number of nitrogens with one attached hydrogen (secondary N) is 1. The van der Waals surface area contributed by atoms with Crippen molar-refractivity contribution >= 4 is 5.91 Å². The summed E-state index contributed by atoms with van der Waals surface area (Å²) in [5, 5.41) is 8.15. The fraction of sp³-hybridized carbons (Fsp3) is 0.833. The second-order valence-electron chi connectivity index (χ2n) is 2.22. The lowest BCUT2D eigenvalue weighted by Gasteiger charge is -2.07. The van der Waals surface area contributed by atoms with Crippen LogP contribution in [-0.2, 0) is 9.53 Å². The summed E-state index contributed by atoms with van der Waals surface area (Å²) in [5.74, 6) is -0.555. The van der Waals surface area contributed by atoms with Gasteiger partial charge in [-0.05, 0) is 12.8 Å². The van der Waals surface area contributed by atoms with E-state index in [1.807, 2.05) is 0 Å². The Hall–Kier alpha value is -0.650. The third-order valence-corrected chi connectivity index (χ3v) is 1.31. The maximum Gasteiger partial charge on any atom is 0.260 e. The molecule has 0 saturated carbocycles. The van der Waals surface area contributed by atoms with E-state index in [2.05, 4.69) is 0 Å². The highest BCUT2D eigenvalue weighted by Gasteiger charge is 2.10. The van der Waals surface area contributed by atoms with Gasteiger partial charge in [0.15, 0.2) is 0 Å². The molecule has 0 saturated heterocycles. The molecule has 0 aromatic heterocycles. The van der Waals surface area contributed by atoms with Crippen LogP contribution in [0.5, 0.6) is 0 Å². The van der Waals surface area contributed by atoms with Crippen LogP contribution in [0, 0.1) is 0 Å². The minimum absolute atomic E-state index is 0.514. The van der Waals surface area contributed by atoms with Gasteiger partial charge in [0.1, 0.15) is 0 Å². The highest BCUT2D eigenvalue weighted by atomic mass is 16.5. The molecule has 0 radical (unpaired) electrons. The topological polar surface area (TPSA) is 84.6 Å². The van der Waals surface area contributed by atoms with Crippen molar-refractivity contribution < 1.29 is 14.7 Å². The Labute approximate surface area is 65.5 Å². The van der Waals surface area contributed by atoms with Crippen LogP contribution in [0.25, 0.3) is 0 Å². The zero-order chi connectivity index (χ0) is 8.69. The van der Waals surface area contributed by atoms with Crippen LogP contribution in [0.15, 0.2) is 0 Å². The lowest BCUT2D eigenvalue weighted by molar-refractivity contribution is -0.130. The van der Waals surface area contributed by atoms with E-state index >= 15 is 0 Å². The molecule has 0 bridgehead atoms. The summed E-state index contributed by atoms with van der Waals surface area (Å²) in [6, 6.07) is -0.643. The molecule has 0 fully saturated rings. The quantitative estimate of drug-likeness (QED) is 0.282. The van der Waals surface area contributed by atoms with E-state index in [1.165, 1.54) is 5.48 Å². The number of carbonyl (C=O) groups excluding carboxylic acids is 1. The average Bonchev–Trinajstić information content (AvgIpc) is 2.03. The lowest BCUT2D eigenvalue weighted by atomic mass is 10.2. The molecule has 0 heterocycles. The molecule has 66 valence electrons. The van der Waals surface area contributed by atoms with Crippen LogP contribution >= 0.6 is 0 Å². The molecule has 5 nitrogen and oxygen atoms in total. The summed E-state index contributed by atoms with van der Waals surface area (Å²) in [5.41, 5.74) is 6.83. The minimum atomic E-state index is -0.643. The number of hydrogen-bond donors (Lipinski definition) is 3. The van der Waals surface area contributed by atoms with Crippen molar-refractivity contribution in [1.82, 2.24) is 5.48 Å². The number of hydrogen-bond acceptors (Lipinski definition) is 4. The largest absolute Gasteiger partial charge is 0.385 e. The SMILES string of the molecule is COCCCC(N)C(=O)NO. The van der Waals surface area contributed by atoms with Gasteiger partial charge in [0.2, 0.25) is 0 Å². The van der Waals surface area contributed by atoms with Crippen molar-refractivity contribution in [3.05, 3.63) is 0 Å². The predicted molar refractivity (Wildman–Crippen MR) is 39.0 cm³/mol. The Bertz CT molecular complexity index is 118. The molecule has 0 aliphatic carbocycles. The van der Waals surface area contributed by atoms with Gasteiger partial charge in [0.25, 0.3) is 5.91 Å². The molecular weight excluding hydrogens is 148 g/mol. The molecular formula is C6H14N2O3. The summed E-state index contributed by atoms with van der Waals surface area (Å²) in [7, 11) is 1.58. The zero-order valence-corrected chi connectivity index (χ0v) is 6.54. The van der Waals surface area contributed by atoms with Crippen LogP contribution in [-0.4, -0.2) is 30.9 Å². The highest BCUT2D eigenvalue weighted by Crippen LogP contribution is 1.93. The zero-order valence-electron chi connectivity index (χ0n) is 6.54. The Balaban J connectivity index is 3.36. The molecule has 5 heteroatoms. The van der Waals surface area contributed by atoms with E-state index in [4.69, 9.17) is 15.7 Å². The van der Waals surface area contributed by atoms with Crippen molar-refractivity contribution in [1.29, 1.82) is 0 Å². The number of rotatable bonds is 5. The van der Waals surface area contributed by atoms with Crippen molar-refractivity contribution in [3.8, 4) is 0 Å². The van der Waals surface area contributed by atoms with Gasteiger partial charge in [-0.3, -0.25) is 10.0 Å². The summed E-state index contributed by atoms with van der Waals surface area (Å²) < 4.78 is 4.76. The predicted octanol–water partition coefficient (Wildman–Crippen LogP) is -0.754. The Kier molecular flexibility index (Phi) is 5.73. The van der Waals surface area contributed by atoms with Gasteiger partial charge in [-0.1, -0.05) is 0 Å². The van der Waals surface area contributed by atoms with E-state index in [1.54, 1.807) is 7.11 Å². The minimum Gasteiger partial charge on any atom is -0.385 e. The number of carbonyl (C=O) groups is 1. The number of ether oxygens (including phenoxy) is 1. The molecule has 1 unspecified atom stereocenters. The van der Waals surface area contributed by atoms with Gasteiger partial charge in [-0.15, -0.1) is 0 Å². The van der Waals surface area contributed by atoms with Crippen molar-refractivity contribution in [2.75, 3.05) is 13.7 Å². The van der Waals surface area contributed by atoms with E-state index in [0.717, 1.165) is 0 Å². The molecule has 0 aromatic rings. The molecule has 1 atom stereocenters. The van der Waals surface area contributed by atoms with Crippen molar-refractivity contribution in [3.63, 3.8) is 0 Å². The molecule has 1 amide bonds. The first-order valence-electron chi connectivity index (χ1n) is 3.40. The third kappa shape index (κ3) is 4.72. The summed E-state index contributed by atoms with van der Waals surface area (Å²) in [4.78, 5) is 10.6. The van der Waals surface area contributed by atoms with Gasteiger partial charge in [-0.2, -0.15) is 0 Å². The summed E-state index contributed by atoms with van der Waals surface area (Å²) >= 11 is 0. The number of nitrogens with two attached hydrogens (primary N) is 1. The first-order chi connectivity index (χ1) is 5.22. The first-order valence-corrected chi connectivity index (χ1v) is 3.40. The van der Waals surface area contributed by atoms with Gasteiger partial charge in [0, 0.05) is 13.7 Å². The second kappa shape index (κ2) is 6.09. The fourth-order valence-electron chi connectivity index (χ4n) is 0.662. The normalized spacial score (nSPS) is 12.6. The van der Waals surface area contributed by atoms with Crippen LogP contribution in [0.4, 0.5) is 0 Å². The molecule has 4 N–H and O–H groups in total. The number of amides is 1. The Morgan fingerprint density at radius 1 is 1.82 bits per heavy atom.